The Morgan fingerprint density at radius 2 is 1.58 bits per heavy atom. The average molecular weight is 457 g/mol. The summed E-state index contributed by atoms with van der Waals surface area (Å²) in [6.45, 7) is 6.91. The lowest BCUT2D eigenvalue weighted by atomic mass is 9.68. The summed E-state index contributed by atoms with van der Waals surface area (Å²) in [5.74, 6) is 1.94. The summed E-state index contributed by atoms with van der Waals surface area (Å²) >= 11 is 0. The molecule has 2 amide bonds. The third-order valence-electron chi connectivity index (χ3n) is 7.90. The molecule has 7 heteroatoms. The van der Waals surface area contributed by atoms with Gasteiger partial charge in [0.15, 0.2) is 11.5 Å². The lowest BCUT2D eigenvalue weighted by molar-refractivity contribution is -0.151. The highest BCUT2D eigenvalue weighted by molar-refractivity contribution is 5.89. The molecular formula is C26H36N2O5. The van der Waals surface area contributed by atoms with Crippen LogP contribution in [-0.2, 0) is 19.7 Å². The van der Waals surface area contributed by atoms with Gasteiger partial charge in [0.05, 0.1) is 17.6 Å². The van der Waals surface area contributed by atoms with Gasteiger partial charge in [-0.1, -0.05) is 25.3 Å². The second-order valence-corrected chi connectivity index (χ2v) is 10.3. The molecule has 4 aliphatic rings. The number of rotatable bonds is 3. The Labute approximate surface area is 196 Å². The molecule has 3 fully saturated rings. The van der Waals surface area contributed by atoms with Crippen molar-refractivity contribution in [2.45, 2.75) is 76.4 Å². The Hall–Kier alpha value is -2.28. The predicted molar refractivity (Wildman–Crippen MR) is 123 cm³/mol. The van der Waals surface area contributed by atoms with Gasteiger partial charge in [0.2, 0.25) is 18.6 Å². The van der Waals surface area contributed by atoms with Gasteiger partial charge in [-0.15, -0.1) is 0 Å². The largest absolute Gasteiger partial charge is 0.454 e. The first-order chi connectivity index (χ1) is 16.0. The van der Waals surface area contributed by atoms with Crippen molar-refractivity contribution in [2.75, 3.05) is 33.0 Å². The van der Waals surface area contributed by atoms with E-state index in [1.807, 2.05) is 41.8 Å². The maximum atomic E-state index is 14.0. The van der Waals surface area contributed by atoms with Gasteiger partial charge in [0.1, 0.15) is 0 Å². The fourth-order valence-corrected chi connectivity index (χ4v) is 6.22. The number of benzene rings is 1. The maximum Gasteiger partial charge on any atom is 0.233 e. The molecule has 0 radical (unpaired) electrons. The van der Waals surface area contributed by atoms with Crippen LogP contribution >= 0.6 is 0 Å². The first kappa shape index (κ1) is 22.5. The zero-order chi connectivity index (χ0) is 23.0. The highest BCUT2D eigenvalue weighted by Crippen LogP contribution is 2.45. The van der Waals surface area contributed by atoms with E-state index >= 15 is 0 Å². The van der Waals surface area contributed by atoms with Crippen LogP contribution in [0.1, 0.15) is 64.4 Å². The predicted octanol–water partition coefficient (Wildman–Crippen LogP) is 3.49. The van der Waals surface area contributed by atoms with Crippen LogP contribution < -0.4 is 9.47 Å². The summed E-state index contributed by atoms with van der Waals surface area (Å²) < 4.78 is 16.9. The fraction of sp³-hybridized carbons (Fsp3) is 0.692. The first-order valence-corrected chi connectivity index (χ1v) is 12.6. The number of carbonyl (C=O) groups is 2. The van der Waals surface area contributed by atoms with Crippen LogP contribution in [0.15, 0.2) is 18.2 Å². The Morgan fingerprint density at radius 3 is 2.27 bits per heavy atom. The number of likely N-dealkylation sites (tertiary alicyclic amines) is 1. The van der Waals surface area contributed by atoms with E-state index in [9.17, 15) is 9.59 Å². The minimum absolute atomic E-state index is 0.000556. The van der Waals surface area contributed by atoms with E-state index in [0.717, 1.165) is 55.6 Å². The van der Waals surface area contributed by atoms with Gasteiger partial charge in [0.25, 0.3) is 0 Å². The lowest BCUT2D eigenvalue weighted by Gasteiger charge is -2.43. The van der Waals surface area contributed by atoms with E-state index in [1.54, 1.807) is 0 Å². The molecule has 2 saturated heterocycles. The van der Waals surface area contributed by atoms with E-state index in [4.69, 9.17) is 14.2 Å². The average Bonchev–Trinajstić information content (AvgIpc) is 3.31. The number of carbonyl (C=O) groups excluding carboxylic acids is 2. The summed E-state index contributed by atoms with van der Waals surface area (Å²) in [7, 11) is 0. The zero-order valence-corrected chi connectivity index (χ0v) is 19.9. The molecule has 180 valence electrons. The second-order valence-electron chi connectivity index (χ2n) is 10.3. The van der Waals surface area contributed by atoms with E-state index in [0.29, 0.717) is 26.2 Å². The molecule has 0 bridgehead atoms. The summed E-state index contributed by atoms with van der Waals surface area (Å²) in [6, 6.07) is 6.01. The second kappa shape index (κ2) is 9.16. The van der Waals surface area contributed by atoms with Crippen molar-refractivity contribution in [1.82, 2.24) is 9.80 Å². The summed E-state index contributed by atoms with van der Waals surface area (Å²) in [6.07, 6.45) is 6.66. The van der Waals surface area contributed by atoms with Gasteiger partial charge in [-0.3, -0.25) is 9.59 Å². The van der Waals surface area contributed by atoms with Crippen LogP contribution in [0.5, 0.6) is 11.5 Å². The van der Waals surface area contributed by atoms with Gasteiger partial charge in [0, 0.05) is 32.1 Å². The van der Waals surface area contributed by atoms with Gasteiger partial charge >= 0.3 is 0 Å². The SMILES string of the molecule is CC1CN(C(=O)C2CCN(C(=O)C3(c4ccc5c(c4)OCO5)CCCCC3)CC2)CC(C)O1. The highest BCUT2D eigenvalue weighted by atomic mass is 16.7. The van der Waals surface area contributed by atoms with Crippen LogP contribution in [-0.4, -0.2) is 66.8 Å². The smallest absolute Gasteiger partial charge is 0.233 e. The number of hydrogen-bond acceptors (Lipinski definition) is 5. The molecule has 3 heterocycles. The molecule has 2 unspecified atom stereocenters. The number of morpholine rings is 1. The van der Waals surface area contributed by atoms with Crippen molar-refractivity contribution >= 4 is 11.8 Å². The van der Waals surface area contributed by atoms with Crippen molar-refractivity contribution in [3.8, 4) is 11.5 Å². The molecule has 1 aromatic rings. The lowest BCUT2D eigenvalue weighted by Crippen LogP contribution is -2.54. The number of fused-ring (bicyclic) bond motifs is 1. The van der Waals surface area contributed by atoms with Crippen LogP contribution in [0.2, 0.25) is 0 Å². The van der Waals surface area contributed by atoms with Crippen LogP contribution in [0, 0.1) is 5.92 Å². The van der Waals surface area contributed by atoms with Crippen molar-refractivity contribution in [3.05, 3.63) is 23.8 Å². The molecule has 0 N–H and O–H groups in total. The Balaban J connectivity index is 1.28. The molecule has 33 heavy (non-hydrogen) atoms. The zero-order valence-electron chi connectivity index (χ0n) is 19.9. The Kier molecular flexibility index (Phi) is 6.25. The molecule has 5 rings (SSSR count). The van der Waals surface area contributed by atoms with E-state index < -0.39 is 5.41 Å². The Bertz CT molecular complexity index is 879. The minimum atomic E-state index is -0.495. The summed E-state index contributed by atoms with van der Waals surface area (Å²) in [4.78, 5) is 31.1. The number of nitrogens with zero attached hydrogens (tertiary/aromatic N) is 2. The molecule has 1 aliphatic carbocycles. The summed E-state index contributed by atoms with van der Waals surface area (Å²) in [5.41, 5.74) is 0.552. The molecule has 0 spiro atoms. The molecule has 7 nitrogen and oxygen atoms in total. The number of ether oxygens (including phenoxy) is 3. The van der Waals surface area contributed by atoms with Gasteiger partial charge in [-0.2, -0.15) is 0 Å². The highest BCUT2D eigenvalue weighted by Gasteiger charge is 2.45. The standard InChI is InChI=1S/C26H36N2O5/c1-18-15-28(16-19(2)33-18)24(29)20-8-12-27(13-9-20)25(30)26(10-4-3-5-11-26)21-6-7-22-23(14-21)32-17-31-22/h6-7,14,18-20H,3-5,8-13,15-17H2,1-2H3. The van der Waals surface area contributed by atoms with Gasteiger partial charge in [-0.25, -0.2) is 0 Å². The molecule has 1 aromatic carbocycles. The number of hydrogen-bond donors (Lipinski definition) is 0. The maximum absolute atomic E-state index is 14.0. The molecule has 0 aromatic heterocycles. The van der Waals surface area contributed by atoms with Gasteiger partial charge < -0.3 is 24.0 Å². The van der Waals surface area contributed by atoms with Crippen LogP contribution in [0.4, 0.5) is 0 Å². The molecular weight excluding hydrogens is 420 g/mol. The number of amides is 2. The minimum Gasteiger partial charge on any atom is -0.454 e. The van der Waals surface area contributed by atoms with E-state index in [2.05, 4.69) is 0 Å². The van der Waals surface area contributed by atoms with Crippen LogP contribution in [0.3, 0.4) is 0 Å². The van der Waals surface area contributed by atoms with Crippen molar-refractivity contribution < 1.29 is 23.8 Å². The Morgan fingerprint density at radius 1 is 0.909 bits per heavy atom. The molecule has 2 atom stereocenters. The van der Waals surface area contributed by atoms with Gasteiger partial charge in [-0.05, 0) is 57.2 Å². The topological polar surface area (TPSA) is 68.3 Å². The normalized spacial score (nSPS) is 27.5. The van der Waals surface area contributed by atoms with Crippen LogP contribution in [0.25, 0.3) is 0 Å². The molecule has 3 aliphatic heterocycles. The quantitative estimate of drug-likeness (QED) is 0.697. The van der Waals surface area contributed by atoms with E-state index in [-0.39, 0.29) is 36.7 Å². The fourth-order valence-electron chi connectivity index (χ4n) is 6.22. The van der Waals surface area contributed by atoms with Crippen molar-refractivity contribution in [2.24, 2.45) is 5.92 Å². The number of piperidine rings is 1. The van der Waals surface area contributed by atoms with Crippen molar-refractivity contribution in [1.29, 1.82) is 0 Å². The van der Waals surface area contributed by atoms with E-state index in [1.165, 1.54) is 6.42 Å². The third kappa shape index (κ3) is 4.32. The van der Waals surface area contributed by atoms with Crippen molar-refractivity contribution in [3.63, 3.8) is 0 Å². The third-order valence-corrected chi connectivity index (χ3v) is 7.90. The molecule has 1 saturated carbocycles. The first-order valence-electron chi connectivity index (χ1n) is 12.6. The summed E-state index contributed by atoms with van der Waals surface area (Å²) in [5, 5.41) is 0. The monoisotopic (exact) mass is 456 g/mol.